The summed E-state index contributed by atoms with van der Waals surface area (Å²) >= 11 is 7.55. The molecule has 0 spiro atoms. The standard InChI is InChI=1S/C31H27ClN4O3S/c1-2-38-27-17-13-26(14-18-27)36-30(23-9-6-10-24(32)19-23)34-35-31(36)40-21-29(37)33-25-11-15-28(16-12-25)39-20-22-7-4-3-5-8-22/h3-19H,2,20-21H2,1H3,(H,33,37). The van der Waals surface area contributed by atoms with E-state index in [0.29, 0.717) is 34.9 Å². The van der Waals surface area contributed by atoms with E-state index in [1.165, 1.54) is 11.8 Å². The molecule has 5 aromatic rings. The molecule has 9 heteroatoms. The number of nitrogens with one attached hydrogen (secondary N) is 1. The van der Waals surface area contributed by atoms with Crippen LogP contribution in [0.4, 0.5) is 5.69 Å². The van der Waals surface area contributed by atoms with Crippen LogP contribution in [0.25, 0.3) is 17.1 Å². The van der Waals surface area contributed by atoms with Crippen LogP contribution in [0.1, 0.15) is 12.5 Å². The molecule has 0 aliphatic rings. The first-order valence-corrected chi connectivity index (χ1v) is 14.1. The zero-order valence-electron chi connectivity index (χ0n) is 21.8. The fourth-order valence-electron chi connectivity index (χ4n) is 3.97. The van der Waals surface area contributed by atoms with E-state index in [1.54, 1.807) is 0 Å². The molecular formula is C31H27ClN4O3S. The molecule has 0 saturated carbocycles. The number of ether oxygens (including phenoxy) is 2. The lowest BCUT2D eigenvalue weighted by Gasteiger charge is -2.12. The highest BCUT2D eigenvalue weighted by atomic mass is 35.5. The van der Waals surface area contributed by atoms with E-state index in [1.807, 2.05) is 115 Å². The summed E-state index contributed by atoms with van der Waals surface area (Å²) < 4.78 is 13.3. The van der Waals surface area contributed by atoms with Crippen molar-refractivity contribution in [1.82, 2.24) is 14.8 Å². The summed E-state index contributed by atoms with van der Waals surface area (Å²) in [5, 5.41) is 12.9. The molecule has 1 heterocycles. The number of aromatic nitrogens is 3. The summed E-state index contributed by atoms with van der Waals surface area (Å²) in [6.45, 7) is 3.01. The van der Waals surface area contributed by atoms with E-state index in [9.17, 15) is 4.79 Å². The van der Waals surface area contributed by atoms with Crippen LogP contribution < -0.4 is 14.8 Å². The first kappa shape index (κ1) is 27.3. The Kier molecular flexibility index (Phi) is 9.00. The van der Waals surface area contributed by atoms with Crippen molar-refractivity contribution >= 4 is 35.0 Å². The monoisotopic (exact) mass is 570 g/mol. The van der Waals surface area contributed by atoms with Crippen molar-refractivity contribution in [2.75, 3.05) is 17.7 Å². The lowest BCUT2D eigenvalue weighted by Crippen LogP contribution is -2.14. The minimum Gasteiger partial charge on any atom is -0.494 e. The number of anilines is 1. The number of carbonyl (C=O) groups excluding carboxylic acids is 1. The Balaban J connectivity index is 1.26. The Labute approximate surface area is 242 Å². The highest BCUT2D eigenvalue weighted by molar-refractivity contribution is 7.99. The summed E-state index contributed by atoms with van der Waals surface area (Å²) in [6.07, 6.45) is 0. The normalized spacial score (nSPS) is 10.8. The van der Waals surface area contributed by atoms with Crippen LogP contribution >= 0.6 is 23.4 Å². The quantitative estimate of drug-likeness (QED) is 0.168. The fraction of sp³-hybridized carbons (Fsp3) is 0.129. The molecule has 4 aromatic carbocycles. The average Bonchev–Trinajstić information content (AvgIpc) is 3.41. The Morgan fingerprint density at radius 1 is 0.875 bits per heavy atom. The molecule has 1 aromatic heterocycles. The number of benzene rings is 4. The molecule has 1 N–H and O–H groups in total. The lowest BCUT2D eigenvalue weighted by atomic mass is 10.2. The van der Waals surface area contributed by atoms with Gasteiger partial charge in [0, 0.05) is 22.0 Å². The SMILES string of the molecule is CCOc1ccc(-n2c(SCC(=O)Nc3ccc(OCc4ccccc4)cc3)nnc2-c2cccc(Cl)c2)cc1. The van der Waals surface area contributed by atoms with Gasteiger partial charge in [0.15, 0.2) is 11.0 Å². The number of rotatable bonds is 11. The molecule has 5 rings (SSSR count). The number of nitrogens with zero attached hydrogens (tertiary/aromatic N) is 3. The van der Waals surface area contributed by atoms with Gasteiger partial charge in [-0.2, -0.15) is 0 Å². The lowest BCUT2D eigenvalue weighted by molar-refractivity contribution is -0.113. The Hall–Kier alpha value is -4.27. The largest absolute Gasteiger partial charge is 0.494 e. The molecular weight excluding hydrogens is 544 g/mol. The summed E-state index contributed by atoms with van der Waals surface area (Å²) in [5.41, 5.74) is 3.44. The smallest absolute Gasteiger partial charge is 0.234 e. The van der Waals surface area contributed by atoms with E-state index >= 15 is 0 Å². The number of amides is 1. The van der Waals surface area contributed by atoms with E-state index in [0.717, 1.165) is 28.3 Å². The van der Waals surface area contributed by atoms with Gasteiger partial charge in [-0.25, -0.2) is 0 Å². The van der Waals surface area contributed by atoms with Crippen molar-refractivity contribution in [3.8, 4) is 28.6 Å². The number of hydrogen-bond donors (Lipinski definition) is 1. The highest BCUT2D eigenvalue weighted by Gasteiger charge is 2.18. The number of thioether (sulfide) groups is 1. The second kappa shape index (κ2) is 13.2. The predicted molar refractivity (Wildman–Crippen MR) is 160 cm³/mol. The van der Waals surface area contributed by atoms with Crippen molar-refractivity contribution in [2.45, 2.75) is 18.7 Å². The molecule has 0 fully saturated rings. The van der Waals surface area contributed by atoms with Crippen molar-refractivity contribution in [3.63, 3.8) is 0 Å². The third-order valence-electron chi connectivity index (χ3n) is 5.84. The number of hydrogen-bond acceptors (Lipinski definition) is 6. The minimum absolute atomic E-state index is 0.150. The maximum atomic E-state index is 12.8. The summed E-state index contributed by atoms with van der Waals surface area (Å²) in [4.78, 5) is 12.8. The van der Waals surface area contributed by atoms with E-state index < -0.39 is 0 Å². The van der Waals surface area contributed by atoms with Gasteiger partial charge >= 0.3 is 0 Å². The second-order valence-corrected chi connectivity index (χ2v) is 10.1. The first-order chi connectivity index (χ1) is 19.6. The second-order valence-electron chi connectivity index (χ2n) is 8.71. The minimum atomic E-state index is -0.159. The molecule has 0 aliphatic carbocycles. The zero-order chi connectivity index (χ0) is 27.7. The molecule has 40 heavy (non-hydrogen) atoms. The van der Waals surface area contributed by atoms with Gasteiger partial charge in [-0.3, -0.25) is 9.36 Å². The van der Waals surface area contributed by atoms with Crippen LogP contribution in [0.3, 0.4) is 0 Å². The Morgan fingerprint density at radius 3 is 2.33 bits per heavy atom. The van der Waals surface area contributed by atoms with Crippen molar-refractivity contribution in [2.24, 2.45) is 0 Å². The van der Waals surface area contributed by atoms with Crippen LogP contribution in [0.15, 0.2) is 108 Å². The van der Waals surface area contributed by atoms with Crippen LogP contribution in [-0.4, -0.2) is 33.0 Å². The molecule has 0 aliphatic heterocycles. The highest BCUT2D eigenvalue weighted by Crippen LogP contribution is 2.30. The molecule has 0 atom stereocenters. The first-order valence-electron chi connectivity index (χ1n) is 12.7. The average molecular weight is 571 g/mol. The molecule has 7 nitrogen and oxygen atoms in total. The van der Waals surface area contributed by atoms with Gasteiger partial charge in [0.1, 0.15) is 18.1 Å². The molecule has 0 saturated heterocycles. The molecule has 0 unspecified atom stereocenters. The van der Waals surface area contributed by atoms with Crippen LogP contribution in [0.5, 0.6) is 11.5 Å². The van der Waals surface area contributed by atoms with Crippen molar-refractivity contribution < 1.29 is 14.3 Å². The van der Waals surface area contributed by atoms with E-state index in [2.05, 4.69) is 15.5 Å². The Bertz CT molecular complexity index is 1560. The van der Waals surface area contributed by atoms with E-state index in [-0.39, 0.29) is 11.7 Å². The van der Waals surface area contributed by atoms with Crippen molar-refractivity contribution in [1.29, 1.82) is 0 Å². The molecule has 1 amide bonds. The molecule has 0 bridgehead atoms. The third kappa shape index (κ3) is 7.02. The van der Waals surface area contributed by atoms with Gasteiger partial charge in [-0.05, 0) is 73.2 Å². The zero-order valence-corrected chi connectivity index (χ0v) is 23.4. The topological polar surface area (TPSA) is 78.3 Å². The molecule has 0 radical (unpaired) electrons. The van der Waals surface area contributed by atoms with Gasteiger partial charge in [0.25, 0.3) is 0 Å². The van der Waals surface area contributed by atoms with Gasteiger partial charge in [-0.15, -0.1) is 10.2 Å². The maximum Gasteiger partial charge on any atom is 0.234 e. The Morgan fingerprint density at radius 2 is 1.60 bits per heavy atom. The fourth-order valence-corrected chi connectivity index (χ4v) is 4.91. The summed E-state index contributed by atoms with van der Waals surface area (Å²) in [7, 11) is 0. The van der Waals surface area contributed by atoms with Gasteiger partial charge in [-0.1, -0.05) is 65.8 Å². The predicted octanol–water partition coefficient (Wildman–Crippen LogP) is 7.30. The number of carbonyl (C=O) groups is 1. The van der Waals surface area contributed by atoms with Gasteiger partial charge in [0.2, 0.25) is 5.91 Å². The van der Waals surface area contributed by atoms with E-state index in [4.69, 9.17) is 21.1 Å². The molecule has 202 valence electrons. The summed E-state index contributed by atoms with van der Waals surface area (Å²) in [6, 6.07) is 32.4. The van der Waals surface area contributed by atoms with Gasteiger partial charge in [0.05, 0.1) is 12.4 Å². The van der Waals surface area contributed by atoms with Crippen LogP contribution in [-0.2, 0) is 11.4 Å². The van der Waals surface area contributed by atoms with Crippen LogP contribution in [0, 0.1) is 0 Å². The van der Waals surface area contributed by atoms with Gasteiger partial charge < -0.3 is 14.8 Å². The number of halogens is 1. The summed E-state index contributed by atoms with van der Waals surface area (Å²) in [5.74, 6) is 2.12. The maximum absolute atomic E-state index is 12.8. The third-order valence-corrected chi connectivity index (χ3v) is 7.00. The van der Waals surface area contributed by atoms with Crippen molar-refractivity contribution in [3.05, 3.63) is 114 Å². The van der Waals surface area contributed by atoms with Crippen LogP contribution in [0.2, 0.25) is 5.02 Å².